The van der Waals surface area contributed by atoms with E-state index in [1.54, 1.807) is 12.4 Å². The molecule has 0 saturated carbocycles. The number of pyridine rings is 1. The minimum absolute atomic E-state index is 0.0968. The number of piperidine rings is 1. The number of likely N-dealkylation sites (tertiary alicyclic amines) is 1. The average Bonchev–Trinajstić information content (AvgIpc) is 3.26. The van der Waals surface area contributed by atoms with Crippen LogP contribution >= 0.6 is 0 Å². The molecule has 0 radical (unpaired) electrons. The molecule has 2 aliphatic rings. The van der Waals surface area contributed by atoms with Crippen molar-refractivity contribution < 1.29 is 9.53 Å². The number of hydrogen-bond acceptors (Lipinski definition) is 5. The van der Waals surface area contributed by atoms with Crippen LogP contribution in [0.2, 0.25) is 0 Å². The molecule has 7 heteroatoms. The summed E-state index contributed by atoms with van der Waals surface area (Å²) in [6, 6.07) is 13.9. The van der Waals surface area contributed by atoms with Crippen molar-refractivity contribution >= 4 is 11.6 Å². The van der Waals surface area contributed by atoms with Gasteiger partial charge in [-0.05, 0) is 49.1 Å². The lowest BCUT2D eigenvalue weighted by Gasteiger charge is -2.43. The van der Waals surface area contributed by atoms with Crippen molar-refractivity contribution in [1.29, 1.82) is 0 Å². The number of nitrogens with zero attached hydrogens (tertiary/aromatic N) is 4. The van der Waals surface area contributed by atoms with Crippen LogP contribution < -0.4 is 5.32 Å². The van der Waals surface area contributed by atoms with Crippen molar-refractivity contribution in [2.45, 2.75) is 24.9 Å². The highest BCUT2D eigenvalue weighted by molar-refractivity contribution is 5.80. The van der Waals surface area contributed by atoms with Gasteiger partial charge in [0.05, 0.1) is 30.2 Å². The summed E-state index contributed by atoms with van der Waals surface area (Å²) in [5, 5.41) is 8.06. The molecule has 1 amide bonds. The number of nitrogens with one attached hydrogen (secondary N) is 1. The third-order valence-corrected chi connectivity index (χ3v) is 6.02. The summed E-state index contributed by atoms with van der Waals surface area (Å²) >= 11 is 0. The fourth-order valence-corrected chi connectivity index (χ4v) is 4.37. The van der Waals surface area contributed by atoms with Crippen LogP contribution in [0, 0.1) is 0 Å². The van der Waals surface area contributed by atoms with Crippen LogP contribution in [0.25, 0.3) is 5.69 Å². The number of aromatic nitrogens is 3. The summed E-state index contributed by atoms with van der Waals surface area (Å²) in [6.45, 7) is 2.31. The number of amides is 1. The third-order valence-electron chi connectivity index (χ3n) is 6.02. The lowest BCUT2D eigenvalue weighted by molar-refractivity contribution is -0.139. The summed E-state index contributed by atoms with van der Waals surface area (Å²) in [5.74, 6) is 0.0968. The van der Waals surface area contributed by atoms with E-state index in [1.807, 2.05) is 39.9 Å². The minimum Gasteiger partial charge on any atom is -0.375 e. The number of para-hydroxylation sites is 1. The number of anilines is 1. The van der Waals surface area contributed by atoms with Crippen LogP contribution in [0.3, 0.4) is 0 Å². The Morgan fingerprint density at radius 2 is 1.97 bits per heavy atom. The summed E-state index contributed by atoms with van der Waals surface area (Å²) in [6.07, 6.45) is 7.98. The summed E-state index contributed by atoms with van der Waals surface area (Å²) in [4.78, 5) is 18.6. The molecular weight excluding hydrogens is 378 g/mol. The normalized spacial score (nSPS) is 17.5. The van der Waals surface area contributed by atoms with Gasteiger partial charge in [-0.3, -0.25) is 9.78 Å². The van der Waals surface area contributed by atoms with Crippen LogP contribution in [0.4, 0.5) is 5.69 Å². The zero-order valence-electron chi connectivity index (χ0n) is 16.8. The first-order valence-corrected chi connectivity index (χ1v) is 10.4. The predicted molar refractivity (Wildman–Crippen MR) is 113 cm³/mol. The van der Waals surface area contributed by atoms with E-state index in [0.717, 1.165) is 36.3 Å². The summed E-state index contributed by atoms with van der Waals surface area (Å²) < 4.78 is 8.26. The van der Waals surface area contributed by atoms with Gasteiger partial charge in [0, 0.05) is 31.7 Å². The Kier molecular flexibility index (Phi) is 4.96. The van der Waals surface area contributed by atoms with Gasteiger partial charge in [-0.1, -0.05) is 18.2 Å². The number of hydrogen-bond donors (Lipinski definition) is 1. The molecule has 0 atom stereocenters. The van der Waals surface area contributed by atoms with E-state index in [0.29, 0.717) is 19.7 Å². The topological polar surface area (TPSA) is 72.3 Å². The molecular formula is C23H25N5O2. The fourth-order valence-electron chi connectivity index (χ4n) is 4.37. The van der Waals surface area contributed by atoms with Gasteiger partial charge in [-0.15, -0.1) is 0 Å². The Balaban J connectivity index is 1.27. The molecule has 2 aromatic heterocycles. The Bertz CT molecular complexity index is 1010. The first-order chi connectivity index (χ1) is 14.7. The maximum absolute atomic E-state index is 12.7. The van der Waals surface area contributed by atoms with E-state index in [2.05, 4.69) is 28.6 Å². The summed E-state index contributed by atoms with van der Waals surface area (Å²) in [5.41, 5.74) is 3.81. The highest BCUT2D eigenvalue weighted by atomic mass is 16.5. The fraction of sp³-hybridized carbons (Fsp3) is 0.348. The molecule has 1 N–H and O–H groups in total. The molecule has 4 heterocycles. The van der Waals surface area contributed by atoms with Crippen molar-refractivity contribution in [1.82, 2.24) is 19.7 Å². The van der Waals surface area contributed by atoms with E-state index in [4.69, 9.17) is 9.84 Å². The minimum atomic E-state index is -0.388. The van der Waals surface area contributed by atoms with Crippen LogP contribution in [0.1, 0.15) is 24.1 Å². The second-order valence-electron chi connectivity index (χ2n) is 7.85. The number of ether oxygens (including phenoxy) is 1. The smallest absolute Gasteiger partial charge is 0.241 e. The van der Waals surface area contributed by atoms with Gasteiger partial charge in [0.2, 0.25) is 5.91 Å². The number of benzene rings is 1. The lowest BCUT2D eigenvalue weighted by Crippen LogP contribution is -2.49. The van der Waals surface area contributed by atoms with Crippen molar-refractivity contribution in [3.05, 3.63) is 72.3 Å². The number of carbonyl (C=O) groups excluding carboxylic acids is 1. The Morgan fingerprint density at radius 3 is 2.73 bits per heavy atom. The second-order valence-corrected chi connectivity index (χ2v) is 7.85. The van der Waals surface area contributed by atoms with E-state index >= 15 is 0 Å². The molecule has 3 aromatic rings. The molecule has 154 valence electrons. The largest absolute Gasteiger partial charge is 0.375 e. The first-order valence-electron chi connectivity index (χ1n) is 10.4. The molecule has 1 spiro atoms. The zero-order chi connectivity index (χ0) is 20.4. The Hall–Kier alpha value is -3.19. The monoisotopic (exact) mass is 403 g/mol. The molecule has 0 aliphatic carbocycles. The third kappa shape index (κ3) is 3.57. The van der Waals surface area contributed by atoms with Gasteiger partial charge >= 0.3 is 0 Å². The highest BCUT2D eigenvalue weighted by Crippen LogP contribution is 2.41. The van der Waals surface area contributed by atoms with Crippen LogP contribution in [0.15, 0.2) is 61.1 Å². The number of fused-ring (bicyclic) bond motifs is 2. The van der Waals surface area contributed by atoms with Gasteiger partial charge < -0.3 is 15.0 Å². The number of carbonyl (C=O) groups is 1. The molecule has 0 bridgehead atoms. The van der Waals surface area contributed by atoms with Crippen molar-refractivity contribution in [2.75, 3.05) is 31.6 Å². The predicted octanol–water partition coefficient (Wildman–Crippen LogP) is 2.77. The molecule has 1 saturated heterocycles. The zero-order valence-corrected chi connectivity index (χ0v) is 16.8. The molecule has 2 aliphatic heterocycles. The van der Waals surface area contributed by atoms with E-state index in [9.17, 15) is 4.79 Å². The SMILES string of the molecule is O=C(CNc1cccnc1)N1CCC2(CC1)OCCc1cn(-c3ccccc3)nc12. The quantitative estimate of drug-likeness (QED) is 0.725. The Morgan fingerprint density at radius 1 is 1.13 bits per heavy atom. The van der Waals surface area contributed by atoms with E-state index < -0.39 is 0 Å². The van der Waals surface area contributed by atoms with Crippen LogP contribution in [-0.4, -0.2) is 51.8 Å². The van der Waals surface area contributed by atoms with E-state index in [1.165, 1.54) is 5.56 Å². The molecule has 30 heavy (non-hydrogen) atoms. The van der Waals surface area contributed by atoms with E-state index in [-0.39, 0.29) is 18.1 Å². The maximum Gasteiger partial charge on any atom is 0.241 e. The standard InChI is InChI=1S/C23H25N5O2/c29-21(16-25-19-5-4-11-24-15-19)27-12-9-23(10-13-27)22-18(8-14-30-23)17-28(26-22)20-6-2-1-3-7-20/h1-7,11,15,17,25H,8-10,12-14,16H2. The average molecular weight is 403 g/mol. The summed E-state index contributed by atoms with van der Waals surface area (Å²) in [7, 11) is 0. The molecule has 7 nitrogen and oxygen atoms in total. The molecule has 0 unspecified atom stereocenters. The first kappa shape index (κ1) is 18.8. The van der Waals surface area contributed by atoms with Gasteiger partial charge in [-0.25, -0.2) is 4.68 Å². The van der Waals surface area contributed by atoms with Crippen molar-refractivity contribution in [3.8, 4) is 5.69 Å². The number of rotatable bonds is 4. The highest BCUT2D eigenvalue weighted by Gasteiger charge is 2.44. The van der Waals surface area contributed by atoms with Gasteiger partial charge in [-0.2, -0.15) is 5.10 Å². The van der Waals surface area contributed by atoms with Gasteiger partial charge in [0.1, 0.15) is 5.60 Å². The Labute approximate surface area is 175 Å². The molecule has 1 aromatic carbocycles. The van der Waals surface area contributed by atoms with Crippen LogP contribution in [-0.2, 0) is 21.6 Å². The maximum atomic E-state index is 12.7. The van der Waals surface area contributed by atoms with Gasteiger partial charge in [0.25, 0.3) is 0 Å². The lowest BCUT2D eigenvalue weighted by atomic mass is 9.84. The molecule has 1 fully saturated rings. The van der Waals surface area contributed by atoms with Crippen molar-refractivity contribution in [3.63, 3.8) is 0 Å². The van der Waals surface area contributed by atoms with Gasteiger partial charge in [0.15, 0.2) is 0 Å². The molecule has 5 rings (SSSR count). The van der Waals surface area contributed by atoms with Crippen molar-refractivity contribution in [2.24, 2.45) is 0 Å². The second kappa shape index (κ2) is 7.91. The van der Waals surface area contributed by atoms with Crippen LogP contribution in [0.5, 0.6) is 0 Å².